The highest BCUT2D eigenvalue weighted by atomic mass is 16.4. The second kappa shape index (κ2) is 4.13. The van der Waals surface area contributed by atoms with Crippen molar-refractivity contribution in [3.05, 3.63) is 29.8 Å². The Bertz CT molecular complexity index is 433. The van der Waals surface area contributed by atoms with Crippen LogP contribution in [0.15, 0.2) is 28.7 Å². The van der Waals surface area contributed by atoms with E-state index in [9.17, 15) is 0 Å². The van der Waals surface area contributed by atoms with Gasteiger partial charge < -0.3 is 10.2 Å². The second-order valence-corrected chi connectivity index (χ2v) is 3.39. The van der Waals surface area contributed by atoms with Crippen LogP contribution in [0.2, 0.25) is 0 Å². The van der Waals surface area contributed by atoms with E-state index in [-0.39, 0.29) is 6.01 Å². The molecule has 0 fully saturated rings. The molecular weight excluding hydrogens is 190 g/mol. The average molecular weight is 203 g/mol. The number of benzene rings is 1. The zero-order chi connectivity index (χ0) is 10.7. The first-order valence-corrected chi connectivity index (χ1v) is 4.98. The molecule has 4 nitrogen and oxygen atoms in total. The summed E-state index contributed by atoms with van der Waals surface area (Å²) in [5, 5.41) is 7.43. The van der Waals surface area contributed by atoms with Crippen LogP contribution in [-0.2, 0) is 6.42 Å². The number of aromatic nitrogens is 2. The van der Waals surface area contributed by atoms with Gasteiger partial charge in [-0.2, -0.15) is 0 Å². The molecular formula is C11H13N3O. The Hall–Kier alpha value is -1.84. The van der Waals surface area contributed by atoms with Crippen LogP contribution < -0.4 is 5.73 Å². The summed E-state index contributed by atoms with van der Waals surface area (Å²) in [6.07, 6.45) is 2.24. The van der Waals surface area contributed by atoms with E-state index in [1.54, 1.807) is 0 Å². The van der Waals surface area contributed by atoms with Crippen LogP contribution in [0.5, 0.6) is 0 Å². The largest absolute Gasteiger partial charge is 0.404 e. The van der Waals surface area contributed by atoms with Gasteiger partial charge in [0.25, 0.3) is 0 Å². The molecule has 0 bridgehead atoms. The maximum Gasteiger partial charge on any atom is 0.313 e. The Balaban J connectivity index is 2.23. The van der Waals surface area contributed by atoms with Gasteiger partial charge >= 0.3 is 6.01 Å². The van der Waals surface area contributed by atoms with Crippen LogP contribution in [0.1, 0.15) is 18.9 Å². The normalized spacial score (nSPS) is 10.5. The topological polar surface area (TPSA) is 64.9 Å². The van der Waals surface area contributed by atoms with E-state index in [1.807, 2.05) is 12.1 Å². The number of nitrogens with two attached hydrogens (primary N) is 1. The molecule has 1 aromatic heterocycles. The quantitative estimate of drug-likeness (QED) is 0.831. The first-order chi connectivity index (χ1) is 7.29. The van der Waals surface area contributed by atoms with Crippen molar-refractivity contribution in [2.24, 2.45) is 0 Å². The summed E-state index contributed by atoms with van der Waals surface area (Å²) in [7, 11) is 0. The third-order valence-corrected chi connectivity index (χ3v) is 2.18. The maximum absolute atomic E-state index is 5.35. The van der Waals surface area contributed by atoms with Crippen molar-refractivity contribution in [1.82, 2.24) is 10.2 Å². The van der Waals surface area contributed by atoms with Crippen molar-refractivity contribution in [3.8, 4) is 11.5 Å². The van der Waals surface area contributed by atoms with Gasteiger partial charge in [0.05, 0.1) is 0 Å². The third kappa shape index (κ3) is 2.15. The molecule has 15 heavy (non-hydrogen) atoms. The fourth-order valence-electron chi connectivity index (χ4n) is 1.45. The lowest BCUT2D eigenvalue weighted by molar-refractivity contribution is 0.590. The van der Waals surface area contributed by atoms with Crippen molar-refractivity contribution in [2.75, 3.05) is 5.73 Å². The minimum Gasteiger partial charge on any atom is -0.404 e. The van der Waals surface area contributed by atoms with Gasteiger partial charge in [-0.05, 0) is 24.1 Å². The Morgan fingerprint density at radius 1 is 1.20 bits per heavy atom. The third-order valence-electron chi connectivity index (χ3n) is 2.18. The van der Waals surface area contributed by atoms with Gasteiger partial charge in [0.15, 0.2) is 0 Å². The van der Waals surface area contributed by atoms with Crippen molar-refractivity contribution in [1.29, 1.82) is 0 Å². The lowest BCUT2D eigenvalue weighted by Crippen LogP contribution is -1.83. The predicted molar refractivity (Wildman–Crippen MR) is 58.1 cm³/mol. The number of rotatable bonds is 3. The zero-order valence-corrected chi connectivity index (χ0v) is 8.60. The van der Waals surface area contributed by atoms with Gasteiger partial charge in [0, 0.05) is 5.56 Å². The van der Waals surface area contributed by atoms with Crippen molar-refractivity contribution in [3.63, 3.8) is 0 Å². The lowest BCUT2D eigenvalue weighted by Gasteiger charge is -1.98. The summed E-state index contributed by atoms with van der Waals surface area (Å²) in [6, 6.07) is 8.18. The molecule has 1 heterocycles. The zero-order valence-electron chi connectivity index (χ0n) is 8.60. The highest BCUT2D eigenvalue weighted by Gasteiger charge is 2.05. The summed E-state index contributed by atoms with van der Waals surface area (Å²) < 4.78 is 5.12. The van der Waals surface area contributed by atoms with E-state index in [4.69, 9.17) is 10.2 Å². The van der Waals surface area contributed by atoms with E-state index in [0.29, 0.717) is 5.89 Å². The second-order valence-electron chi connectivity index (χ2n) is 3.39. The highest BCUT2D eigenvalue weighted by Crippen LogP contribution is 2.19. The van der Waals surface area contributed by atoms with Gasteiger partial charge in [-0.1, -0.05) is 30.6 Å². The summed E-state index contributed by atoms with van der Waals surface area (Å²) >= 11 is 0. The van der Waals surface area contributed by atoms with E-state index in [0.717, 1.165) is 18.4 Å². The number of hydrogen-bond donors (Lipinski definition) is 1. The van der Waals surface area contributed by atoms with Crippen LogP contribution >= 0.6 is 0 Å². The number of nitrogen functional groups attached to an aromatic ring is 1. The van der Waals surface area contributed by atoms with Crippen LogP contribution in [0, 0.1) is 0 Å². The summed E-state index contributed by atoms with van der Waals surface area (Å²) in [5.74, 6) is 0.468. The van der Waals surface area contributed by atoms with Crippen molar-refractivity contribution in [2.45, 2.75) is 19.8 Å². The van der Waals surface area contributed by atoms with Gasteiger partial charge in [-0.15, -0.1) is 5.10 Å². The average Bonchev–Trinajstić information content (AvgIpc) is 2.67. The highest BCUT2D eigenvalue weighted by molar-refractivity contribution is 5.53. The van der Waals surface area contributed by atoms with Crippen molar-refractivity contribution < 1.29 is 4.42 Å². The van der Waals surface area contributed by atoms with Crippen LogP contribution in [0.3, 0.4) is 0 Å². The van der Waals surface area contributed by atoms with Crippen LogP contribution in [0.4, 0.5) is 6.01 Å². The molecule has 2 N–H and O–H groups in total. The first kappa shape index (κ1) is 9.71. The standard InChI is InChI=1S/C11H13N3O/c1-2-3-8-4-6-9(7-5-8)10-13-14-11(12)15-10/h4-7H,2-3H2,1H3,(H2,12,14). The van der Waals surface area contributed by atoms with Crippen molar-refractivity contribution >= 4 is 6.01 Å². The number of anilines is 1. The Labute approximate surface area is 88.1 Å². The first-order valence-electron chi connectivity index (χ1n) is 4.98. The summed E-state index contributed by atoms with van der Waals surface area (Å²) in [4.78, 5) is 0. The fourth-order valence-corrected chi connectivity index (χ4v) is 1.45. The van der Waals surface area contributed by atoms with Crippen LogP contribution in [0.25, 0.3) is 11.5 Å². The maximum atomic E-state index is 5.35. The minimum atomic E-state index is 0.0997. The number of nitrogens with zero attached hydrogens (tertiary/aromatic N) is 2. The Morgan fingerprint density at radius 2 is 1.93 bits per heavy atom. The molecule has 0 radical (unpaired) electrons. The number of hydrogen-bond acceptors (Lipinski definition) is 4. The summed E-state index contributed by atoms with van der Waals surface area (Å²) in [5.41, 5.74) is 7.57. The minimum absolute atomic E-state index is 0.0997. The molecule has 0 saturated carbocycles. The van der Waals surface area contributed by atoms with E-state index in [1.165, 1.54) is 5.56 Å². The Kier molecular flexibility index (Phi) is 2.67. The predicted octanol–water partition coefficient (Wildman–Crippen LogP) is 2.27. The molecule has 2 aromatic rings. The van der Waals surface area contributed by atoms with E-state index < -0.39 is 0 Å². The molecule has 0 amide bonds. The molecule has 0 aliphatic carbocycles. The van der Waals surface area contributed by atoms with Gasteiger partial charge in [0.2, 0.25) is 5.89 Å². The molecule has 0 spiro atoms. The molecule has 0 aliphatic rings. The molecule has 0 unspecified atom stereocenters. The fraction of sp³-hybridized carbons (Fsp3) is 0.273. The van der Waals surface area contributed by atoms with Gasteiger partial charge in [-0.25, -0.2) is 0 Å². The van der Waals surface area contributed by atoms with Gasteiger partial charge in [0.1, 0.15) is 0 Å². The van der Waals surface area contributed by atoms with Gasteiger partial charge in [-0.3, -0.25) is 0 Å². The SMILES string of the molecule is CCCc1ccc(-c2nnc(N)o2)cc1. The molecule has 1 aromatic carbocycles. The molecule has 78 valence electrons. The van der Waals surface area contributed by atoms with E-state index >= 15 is 0 Å². The molecule has 0 aliphatic heterocycles. The molecule has 0 atom stereocenters. The molecule has 4 heteroatoms. The lowest BCUT2D eigenvalue weighted by atomic mass is 10.1. The molecule has 0 saturated heterocycles. The summed E-state index contributed by atoms with van der Waals surface area (Å²) in [6.45, 7) is 2.16. The monoisotopic (exact) mass is 203 g/mol. The smallest absolute Gasteiger partial charge is 0.313 e. The van der Waals surface area contributed by atoms with Crippen LogP contribution in [-0.4, -0.2) is 10.2 Å². The Morgan fingerprint density at radius 3 is 2.47 bits per heavy atom. The molecule has 2 rings (SSSR count). The number of aryl methyl sites for hydroxylation is 1. The van der Waals surface area contributed by atoms with E-state index in [2.05, 4.69) is 29.3 Å².